The van der Waals surface area contributed by atoms with Crippen LogP contribution in [0.5, 0.6) is 11.5 Å². The summed E-state index contributed by atoms with van der Waals surface area (Å²) < 4.78 is 46.9. The molecule has 1 aromatic heterocycles. The van der Waals surface area contributed by atoms with Gasteiger partial charge in [0.05, 0.1) is 12.8 Å². The molecule has 6 nitrogen and oxygen atoms in total. The minimum atomic E-state index is -4.76. The first-order valence-corrected chi connectivity index (χ1v) is 9.22. The number of halogens is 3. The summed E-state index contributed by atoms with van der Waals surface area (Å²) in [6, 6.07) is 14.9. The lowest BCUT2D eigenvalue weighted by molar-refractivity contribution is -0.274. The molecule has 0 saturated carbocycles. The first-order valence-electron chi connectivity index (χ1n) is 9.22. The number of nitrogens with zero attached hydrogens (tertiary/aromatic N) is 2. The molecule has 158 valence electrons. The third-order valence-corrected chi connectivity index (χ3v) is 4.03. The molecule has 1 heterocycles. The molecule has 0 fully saturated rings. The fraction of sp³-hybridized carbons (Fsp3) is 0.238. The molecule has 0 bridgehead atoms. The van der Waals surface area contributed by atoms with Crippen molar-refractivity contribution in [3.05, 3.63) is 60.2 Å². The maximum Gasteiger partial charge on any atom is 0.573 e. The molecule has 3 aromatic rings. The molecular weight excluding hydrogens is 397 g/mol. The van der Waals surface area contributed by atoms with Gasteiger partial charge in [0.1, 0.15) is 17.3 Å². The van der Waals surface area contributed by atoms with Gasteiger partial charge in [-0.1, -0.05) is 24.3 Å². The average Bonchev–Trinajstić information content (AvgIpc) is 2.71. The van der Waals surface area contributed by atoms with E-state index in [9.17, 15) is 13.2 Å². The van der Waals surface area contributed by atoms with Crippen LogP contribution in [0.3, 0.4) is 0 Å². The highest BCUT2D eigenvalue weighted by Crippen LogP contribution is 2.28. The summed E-state index contributed by atoms with van der Waals surface area (Å²) >= 11 is 0. The van der Waals surface area contributed by atoms with Gasteiger partial charge in [-0.3, -0.25) is 0 Å². The molecule has 2 N–H and O–H groups in total. The molecule has 2 aromatic carbocycles. The first kappa shape index (κ1) is 21.2. The predicted octanol–water partition coefficient (Wildman–Crippen LogP) is 5.09. The van der Waals surface area contributed by atoms with Gasteiger partial charge in [-0.05, 0) is 36.8 Å². The molecule has 0 saturated heterocycles. The Morgan fingerprint density at radius 3 is 2.43 bits per heavy atom. The van der Waals surface area contributed by atoms with E-state index in [0.717, 1.165) is 11.3 Å². The number of ether oxygens (including phenoxy) is 2. The topological polar surface area (TPSA) is 68.3 Å². The minimum Gasteiger partial charge on any atom is -0.497 e. The van der Waals surface area contributed by atoms with Crippen LogP contribution >= 0.6 is 0 Å². The van der Waals surface area contributed by atoms with Gasteiger partial charge in [-0.2, -0.15) is 4.98 Å². The lowest BCUT2D eigenvalue weighted by atomic mass is 10.1. The van der Waals surface area contributed by atoms with E-state index in [1.807, 2.05) is 31.2 Å². The third-order valence-electron chi connectivity index (χ3n) is 4.03. The van der Waals surface area contributed by atoms with Crippen LogP contribution in [-0.4, -0.2) is 30.0 Å². The monoisotopic (exact) mass is 418 g/mol. The van der Waals surface area contributed by atoms with Crippen LogP contribution in [0, 0.1) is 0 Å². The third kappa shape index (κ3) is 6.00. The maximum absolute atomic E-state index is 12.5. The number of aromatic nitrogens is 2. The minimum absolute atomic E-state index is 0.311. The van der Waals surface area contributed by atoms with E-state index in [0.29, 0.717) is 36.1 Å². The quantitative estimate of drug-likeness (QED) is 0.531. The van der Waals surface area contributed by atoms with E-state index < -0.39 is 6.36 Å². The fourth-order valence-electron chi connectivity index (χ4n) is 2.75. The number of rotatable bonds is 8. The smallest absolute Gasteiger partial charge is 0.497 e. The van der Waals surface area contributed by atoms with Crippen molar-refractivity contribution < 1.29 is 22.6 Å². The zero-order valence-electron chi connectivity index (χ0n) is 16.5. The highest BCUT2D eigenvalue weighted by atomic mass is 19.4. The van der Waals surface area contributed by atoms with E-state index in [-0.39, 0.29) is 5.75 Å². The van der Waals surface area contributed by atoms with Crippen molar-refractivity contribution in [1.82, 2.24) is 9.97 Å². The van der Waals surface area contributed by atoms with Gasteiger partial charge in [0, 0.05) is 24.7 Å². The van der Waals surface area contributed by atoms with Crippen molar-refractivity contribution in [3.63, 3.8) is 0 Å². The summed E-state index contributed by atoms with van der Waals surface area (Å²) in [5.74, 6) is 1.33. The molecule has 0 aliphatic carbocycles. The molecular formula is C21H21F3N4O2. The second kappa shape index (κ2) is 9.34. The number of anilines is 2. The molecule has 0 spiro atoms. The van der Waals surface area contributed by atoms with Crippen LogP contribution in [0.25, 0.3) is 11.3 Å². The summed E-state index contributed by atoms with van der Waals surface area (Å²) in [5, 5.41) is 6.25. The van der Waals surface area contributed by atoms with E-state index in [1.165, 1.54) is 18.2 Å². The van der Waals surface area contributed by atoms with Crippen molar-refractivity contribution in [2.45, 2.75) is 19.8 Å². The van der Waals surface area contributed by atoms with Crippen molar-refractivity contribution in [1.29, 1.82) is 0 Å². The summed E-state index contributed by atoms with van der Waals surface area (Å²) in [6.45, 7) is 2.98. The van der Waals surface area contributed by atoms with Crippen LogP contribution in [0.2, 0.25) is 0 Å². The van der Waals surface area contributed by atoms with E-state index in [1.54, 1.807) is 19.2 Å². The lowest BCUT2D eigenvalue weighted by Gasteiger charge is -2.13. The van der Waals surface area contributed by atoms with Crippen LogP contribution in [0.15, 0.2) is 54.6 Å². The molecule has 0 aliphatic heterocycles. The van der Waals surface area contributed by atoms with Crippen LogP contribution in [0.4, 0.5) is 24.9 Å². The Balaban J connectivity index is 1.86. The zero-order valence-corrected chi connectivity index (χ0v) is 16.5. The van der Waals surface area contributed by atoms with E-state index >= 15 is 0 Å². The van der Waals surface area contributed by atoms with Crippen molar-refractivity contribution in [3.8, 4) is 22.8 Å². The van der Waals surface area contributed by atoms with Crippen LogP contribution < -0.4 is 20.1 Å². The summed E-state index contributed by atoms with van der Waals surface area (Å²) in [6.07, 6.45) is -4.76. The molecule has 3 rings (SSSR count). The predicted molar refractivity (Wildman–Crippen MR) is 109 cm³/mol. The molecule has 0 aliphatic rings. The Morgan fingerprint density at radius 2 is 1.70 bits per heavy atom. The van der Waals surface area contributed by atoms with Gasteiger partial charge >= 0.3 is 6.36 Å². The molecule has 0 unspecified atom stereocenters. The van der Waals surface area contributed by atoms with Gasteiger partial charge in [0.25, 0.3) is 0 Å². The van der Waals surface area contributed by atoms with Gasteiger partial charge in [0.15, 0.2) is 0 Å². The highest BCUT2D eigenvalue weighted by molar-refractivity contribution is 5.66. The summed E-state index contributed by atoms with van der Waals surface area (Å²) in [4.78, 5) is 8.81. The Morgan fingerprint density at radius 1 is 0.933 bits per heavy atom. The van der Waals surface area contributed by atoms with Gasteiger partial charge in [-0.15, -0.1) is 13.2 Å². The van der Waals surface area contributed by atoms with Gasteiger partial charge < -0.3 is 20.1 Å². The van der Waals surface area contributed by atoms with Gasteiger partial charge in [-0.25, -0.2) is 4.98 Å². The second-order valence-electron chi connectivity index (χ2n) is 6.27. The average molecular weight is 418 g/mol. The Bertz CT molecular complexity index is 996. The van der Waals surface area contributed by atoms with Crippen molar-refractivity contribution in [2.24, 2.45) is 0 Å². The number of alkyl halides is 3. The SMILES string of the molecule is CCNc1nc(NCc2cccc(OC)c2)cc(-c2cccc(OC(F)(F)F)c2)n1. The summed E-state index contributed by atoms with van der Waals surface area (Å²) in [7, 11) is 1.60. The standard InChI is InChI=1S/C21H21F3N4O2/c1-3-25-20-27-18(15-7-5-9-17(11-15)30-21(22,23)24)12-19(28-20)26-13-14-6-4-8-16(10-14)29-2/h4-12H,3,13H2,1-2H3,(H2,25,26,27,28). The molecule has 0 amide bonds. The molecule has 30 heavy (non-hydrogen) atoms. The Kier molecular flexibility index (Phi) is 6.61. The van der Waals surface area contributed by atoms with Crippen molar-refractivity contribution >= 4 is 11.8 Å². The first-order chi connectivity index (χ1) is 14.4. The van der Waals surface area contributed by atoms with E-state index in [4.69, 9.17) is 4.74 Å². The van der Waals surface area contributed by atoms with E-state index in [2.05, 4.69) is 25.3 Å². The molecule has 0 radical (unpaired) electrons. The van der Waals surface area contributed by atoms with Gasteiger partial charge in [0.2, 0.25) is 5.95 Å². The van der Waals surface area contributed by atoms with Crippen molar-refractivity contribution in [2.75, 3.05) is 24.3 Å². The number of methoxy groups -OCH3 is 1. The highest BCUT2D eigenvalue weighted by Gasteiger charge is 2.31. The number of hydrogen-bond donors (Lipinski definition) is 2. The second-order valence-corrected chi connectivity index (χ2v) is 6.27. The number of nitrogens with one attached hydrogen (secondary N) is 2. The number of hydrogen-bond acceptors (Lipinski definition) is 6. The fourth-order valence-corrected chi connectivity index (χ4v) is 2.75. The normalized spacial score (nSPS) is 11.1. The Hall–Kier alpha value is -3.49. The molecule has 9 heteroatoms. The number of benzene rings is 2. The van der Waals surface area contributed by atoms with Crippen LogP contribution in [0.1, 0.15) is 12.5 Å². The maximum atomic E-state index is 12.5. The Labute approximate surface area is 172 Å². The largest absolute Gasteiger partial charge is 0.573 e. The lowest BCUT2D eigenvalue weighted by Crippen LogP contribution is -2.17. The zero-order chi connectivity index (χ0) is 21.6. The summed E-state index contributed by atoms with van der Waals surface area (Å²) in [5.41, 5.74) is 1.92. The molecule has 0 atom stereocenters. The van der Waals surface area contributed by atoms with Crippen LogP contribution in [-0.2, 0) is 6.54 Å².